The zero-order valence-corrected chi connectivity index (χ0v) is 23.6. The Labute approximate surface area is 228 Å². The van der Waals surface area contributed by atoms with Crippen molar-refractivity contribution in [2.75, 3.05) is 38.7 Å². The molecule has 0 unspecified atom stereocenters. The number of hydrogen-bond donors (Lipinski definition) is 4. The topological polar surface area (TPSA) is 112 Å². The van der Waals surface area contributed by atoms with Crippen molar-refractivity contribution in [2.24, 2.45) is 5.92 Å². The van der Waals surface area contributed by atoms with Crippen LogP contribution in [0.5, 0.6) is 5.75 Å². The Balaban J connectivity index is 1.89. The fraction of sp³-hybridized carbons (Fsp3) is 0.724. The van der Waals surface area contributed by atoms with Crippen molar-refractivity contribution in [3.8, 4) is 5.75 Å². The zero-order chi connectivity index (χ0) is 27.5. The molecule has 4 atom stereocenters. The van der Waals surface area contributed by atoms with Crippen LogP contribution in [-0.2, 0) is 4.74 Å². The summed E-state index contributed by atoms with van der Waals surface area (Å²) < 4.78 is 12.5. The molecule has 1 aliphatic carbocycles. The standard InChI is InChI=1S/C29H48N4O5/c1-20-18-33(21(2)19-34)28(35)25-16-24(32-29(36)31-23-11-6-5-7-12-23)13-14-26(25)38-22(3)10-8-9-15-37-27(20)17-30-4/h13-14,16,20-23,27,30,34H,5-12,15,17-19H2,1-4H3,(H2,31,32,36)/t20-,21-,22-,27-/m0/s1. The molecular formula is C29H48N4O5. The van der Waals surface area contributed by atoms with Gasteiger partial charge in [0.2, 0.25) is 0 Å². The number of likely N-dealkylation sites (N-methyl/N-ethyl adjacent to an activating group) is 1. The molecule has 0 bridgehead atoms. The third-order valence-corrected chi connectivity index (χ3v) is 7.66. The molecule has 9 nitrogen and oxygen atoms in total. The average molecular weight is 533 g/mol. The van der Waals surface area contributed by atoms with Crippen molar-refractivity contribution in [3.63, 3.8) is 0 Å². The minimum Gasteiger partial charge on any atom is -0.490 e. The van der Waals surface area contributed by atoms with Gasteiger partial charge in [-0.15, -0.1) is 0 Å². The Hall–Kier alpha value is -2.36. The summed E-state index contributed by atoms with van der Waals surface area (Å²) in [4.78, 5) is 28.4. The largest absolute Gasteiger partial charge is 0.490 e. The Kier molecular flexibility index (Phi) is 12.1. The third-order valence-electron chi connectivity index (χ3n) is 7.66. The van der Waals surface area contributed by atoms with Gasteiger partial charge in [-0.2, -0.15) is 0 Å². The fourth-order valence-electron chi connectivity index (χ4n) is 5.29. The third kappa shape index (κ3) is 8.85. The molecule has 1 fully saturated rings. The van der Waals surface area contributed by atoms with Gasteiger partial charge in [0.25, 0.3) is 5.91 Å². The molecule has 38 heavy (non-hydrogen) atoms. The van der Waals surface area contributed by atoms with Crippen LogP contribution in [0.25, 0.3) is 0 Å². The van der Waals surface area contributed by atoms with Crippen LogP contribution in [-0.4, -0.2) is 79.6 Å². The Morgan fingerprint density at radius 2 is 1.87 bits per heavy atom. The van der Waals surface area contributed by atoms with E-state index in [0.29, 0.717) is 36.7 Å². The van der Waals surface area contributed by atoms with Crippen LogP contribution in [0.4, 0.5) is 10.5 Å². The summed E-state index contributed by atoms with van der Waals surface area (Å²) in [6.07, 6.45) is 8.04. The number of aliphatic hydroxyl groups excluding tert-OH is 1. The number of rotatable bonds is 6. The van der Waals surface area contributed by atoms with E-state index in [-0.39, 0.29) is 42.7 Å². The Morgan fingerprint density at radius 3 is 2.58 bits per heavy atom. The normalized spacial score (nSPS) is 25.0. The fourth-order valence-corrected chi connectivity index (χ4v) is 5.29. The van der Waals surface area contributed by atoms with Gasteiger partial charge >= 0.3 is 6.03 Å². The summed E-state index contributed by atoms with van der Waals surface area (Å²) in [5, 5.41) is 19.2. The number of nitrogens with one attached hydrogen (secondary N) is 3. The molecule has 2 aliphatic rings. The molecule has 1 aliphatic heterocycles. The number of hydrogen-bond acceptors (Lipinski definition) is 6. The number of anilines is 1. The van der Waals surface area contributed by atoms with Gasteiger partial charge in [0, 0.05) is 37.3 Å². The second kappa shape index (κ2) is 15.3. The lowest BCUT2D eigenvalue weighted by atomic mass is 9.96. The van der Waals surface area contributed by atoms with Crippen molar-refractivity contribution in [3.05, 3.63) is 23.8 Å². The molecule has 214 valence electrons. The highest BCUT2D eigenvalue weighted by atomic mass is 16.5. The minimum absolute atomic E-state index is 0.0363. The first kappa shape index (κ1) is 30.2. The lowest BCUT2D eigenvalue weighted by molar-refractivity contribution is -0.000451. The van der Waals surface area contributed by atoms with Crippen LogP contribution in [0.1, 0.15) is 82.5 Å². The van der Waals surface area contributed by atoms with Gasteiger partial charge in [-0.1, -0.05) is 26.2 Å². The lowest BCUT2D eigenvalue weighted by Gasteiger charge is -2.34. The second-order valence-corrected chi connectivity index (χ2v) is 11.0. The van der Waals surface area contributed by atoms with E-state index in [1.807, 2.05) is 20.9 Å². The molecule has 1 saturated carbocycles. The van der Waals surface area contributed by atoms with E-state index in [1.54, 1.807) is 23.1 Å². The highest BCUT2D eigenvalue weighted by molar-refractivity contribution is 5.99. The number of ether oxygens (including phenoxy) is 2. The molecule has 3 rings (SSSR count). The summed E-state index contributed by atoms with van der Waals surface area (Å²) in [6.45, 7) is 7.51. The van der Waals surface area contributed by atoms with E-state index in [4.69, 9.17) is 9.47 Å². The molecule has 0 saturated heterocycles. The van der Waals surface area contributed by atoms with Crippen molar-refractivity contribution in [1.29, 1.82) is 0 Å². The van der Waals surface area contributed by atoms with Gasteiger partial charge in [0.1, 0.15) is 5.75 Å². The van der Waals surface area contributed by atoms with Crippen LogP contribution in [0.3, 0.4) is 0 Å². The molecule has 3 amide bonds. The molecule has 9 heteroatoms. The average Bonchev–Trinajstić information content (AvgIpc) is 2.90. The van der Waals surface area contributed by atoms with E-state index in [2.05, 4.69) is 22.9 Å². The SMILES string of the molecule is CNC[C@@H]1OCCCC[C@H](C)Oc2ccc(NC(=O)NC3CCCCC3)cc2C(=O)N([C@@H](C)CO)C[C@@H]1C. The van der Waals surface area contributed by atoms with E-state index in [9.17, 15) is 14.7 Å². The van der Waals surface area contributed by atoms with E-state index < -0.39 is 6.04 Å². The number of benzene rings is 1. The number of carbonyl (C=O) groups excluding carboxylic acids is 2. The molecule has 4 N–H and O–H groups in total. The first-order valence-electron chi connectivity index (χ1n) is 14.4. The molecular weight excluding hydrogens is 484 g/mol. The van der Waals surface area contributed by atoms with Crippen molar-refractivity contribution in [2.45, 2.75) is 96.4 Å². The quantitative estimate of drug-likeness (QED) is 0.438. The molecule has 1 aromatic rings. The second-order valence-electron chi connectivity index (χ2n) is 11.0. The summed E-state index contributed by atoms with van der Waals surface area (Å²) in [7, 11) is 1.90. The van der Waals surface area contributed by atoms with Crippen molar-refractivity contribution >= 4 is 17.6 Å². The maximum atomic E-state index is 14.0. The zero-order valence-electron chi connectivity index (χ0n) is 23.6. The van der Waals surface area contributed by atoms with Crippen molar-refractivity contribution < 1.29 is 24.2 Å². The predicted octanol–water partition coefficient (Wildman–Crippen LogP) is 4.16. The highest BCUT2D eigenvalue weighted by Crippen LogP contribution is 2.28. The van der Waals surface area contributed by atoms with Gasteiger partial charge in [-0.3, -0.25) is 4.79 Å². The maximum absolute atomic E-state index is 14.0. The highest BCUT2D eigenvalue weighted by Gasteiger charge is 2.30. The summed E-state index contributed by atoms with van der Waals surface area (Å²) in [5.74, 6) is 0.287. The van der Waals surface area contributed by atoms with E-state index in [1.165, 1.54) is 6.42 Å². The van der Waals surface area contributed by atoms with Crippen LogP contribution < -0.4 is 20.7 Å². The number of urea groups is 1. The number of fused-ring (bicyclic) bond motifs is 1. The Bertz CT molecular complexity index is 892. The summed E-state index contributed by atoms with van der Waals surface area (Å²) in [6, 6.07) is 4.76. The monoisotopic (exact) mass is 532 g/mol. The van der Waals surface area contributed by atoms with Crippen LogP contribution >= 0.6 is 0 Å². The van der Waals surface area contributed by atoms with Crippen molar-refractivity contribution in [1.82, 2.24) is 15.5 Å². The number of amides is 3. The maximum Gasteiger partial charge on any atom is 0.319 e. The molecule has 0 spiro atoms. The van der Waals surface area contributed by atoms with E-state index >= 15 is 0 Å². The number of aliphatic hydroxyl groups is 1. The summed E-state index contributed by atoms with van der Waals surface area (Å²) >= 11 is 0. The van der Waals surface area contributed by atoms with Gasteiger partial charge in [0.15, 0.2) is 0 Å². The van der Waals surface area contributed by atoms with Gasteiger partial charge in [0.05, 0.1) is 30.4 Å². The molecule has 1 aromatic carbocycles. The number of nitrogens with zero attached hydrogens (tertiary/aromatic N) is 1. The summed E-state index contributed by atoms with van der Waals surface area (Å²) in [5.41, 5.74) is 0.909. The molecule has 0 radical (unpaired) electrons. The lowest BCUT2D eigenvalue weighted by Crippen LogP contribution is -2.47. The molecule has 1 heterocycles. The van der Waals surface area contributed by atoms with Crippen LogP contribution in [0.2, 0.25) is 0 Å². The Morgan fingerprint density at radius 1 is 1.13 bits per heavy atom. The predicted molar refractivity (Wildman–Crippen MR) is 150 cm³/mol. The minimum atomic E-state index is -0.399. The van der Waals surface area contributed by atoms with Gasteiger partial charge in [-0.25, -0.2) is 4.79 Å². The van der Waals surface area contributed by atoms with E-state index in [0.717, 1.165) is 44.9 Å². The smallest absolute Gasteiger partial charge is 0.319 e. The van der Waals surface area contributed by atoms with Gasteiger partial charge < -0.3 is 35.4 Å². The number of carbonyl (C=O) groups is 2. The molecule has 0 aromatic heterocycles. The first-order valence-corrected chi connectivity index (χ1v) is 14.4. The first-order chi connectivity index (χ1) is 18.3. The van der Waals surface area contributed by atoms with Crippen LogP contribution in [0, 0.1) is 5.92 Å². The van der Waals surface area contributed by atoms with Gasteiger partial charge in [-0.05, 0) is 71.2 Å². The van der Waals surface area contributed by atoms with Crippen LogP contribution in [0.15, 0.2) is 18.2 Å².